The molecule has 1 heterocycles. The molecule has 0 saturated carbocycles. The number of hydrogen-bond acceptors (Lipinski definition) is 9. The monoisotopic (exact) mass is 570 g/mol. The summed E-state index contributed by atoms with van der Waals surface area (Å²) in [5.41, 5.74) is 0. The predicted octanol–water partition coefficient (Wildman–Crippen LogP) is 4.49. The van der Waals surface area contributed by atoms with Crippen molar-refractivity contribution in [2.75, 3.05) is 13.2 Å². The molecule has 0 aromatic carbocycles. The van der Waals surface area contributed by atoms with E-state index in [4.69, 9.17) is 14.2 Å². The number of carbonyl (C=O) groups is 2. The first-order chi connectivity index (χ1) is 19.3. The molecule has 1 aliphatic heterocycles. The van der Waals surface area contributed by atoms with Crippen LogP contribution in [-0.2, 0) is 23.8 Å². The molecule has 0 spiro atoms. The first-order valence-corrected chi connectivity index (χ1v) is 15.3. The van der Waals surface area contributed by atoms with Crippen molar-refractivity contribution in [2.24, 2.45) is 5.92 Å². The molecule has 1 fully saturated rings. The van der Waals surface area contributed by atoms with Crippen LogP contribution in [0.2, 0.25) is 0 Å². The SMILES string of the molecule is CCCCCCCC(=O)OC[C@@H](O)COC(=O)CCC/C=C\C[C@H]1[C@@H](O)CC(O)O[C@@H]1/C=C/[C@@H](O)CCCCC. The van der Waals surface area contributed by atoms with E-state index in [0.29, 0.717) is 32.1 Å². The van der Waals surface area contributed by atoms with Gasteiger partial charge in [0.2, 0.25) is 0 Å². The maximum Gasteiger partial charge on any atom is 0.305 e. The van der Waals surface area contributed by atoms with Crippen LogP contribution < -0.4 is 0 Å². The third-order valence-corrected chi connectivity index (χ3v) is 6.98. The minimum atomic E-state index is -1.05. The largest absolute Gasteiger partial charge is 0.463 e. The van der Waals surface area contributed by atoms with Crippen LogP contribution in [0.1, 0.15) is 110 Å². The van der Waals surface area contributed by atoms with E-state index in [2.05, 4.69) is 13.8 Å². The summed E-state index contributed by atoms with van der Waals surface area (Å²) < 4.78 is 15.7. The van der Waals surface area contributed by atoms with Gasteiger partial charge in [0.25, 0.3) is 0 Å². The number of esters is 2. The second-order valence-corrected chi connectivity index (χ2v) is 10.8. The Morgan fingerprint density at radius 1 is 0.875 bits per heavy atom. The Hall–Kier alpha value is -1.78. The van der Waals surface area contributed by atoms with Crippen LogP contribution in [0.15, 0.2) is 24.3 Å². The molecule has 1 unspecified atom stereocenters. The fourth-order valence-corrected chi connectivity index (χ4v) is 4.53. The van der Waals surface area contributed by atoms with Crippen LogP contribution in [0.4, 0.5) is 0 Å². The summed E-state index contributed by atoms with van der Waals surface area (Å²) in [5.74, 6) is -1.03. The van der Waals surface area contributed by atoms with Crippen LogP contribution in [-0.4, -0.2) is 76.3 Å². The van der Waals surface area contributed by atoms with Crippen molar-refractivity contribution in [3.63, 3.8) is 0 Å². The second-order valence-electron chi connectivity index (χ2n) is 10.8. The van der Waals surface area contributed by atoms with Gasteiger partial charge in [-0.25, -0.2) is 0 Å². The summed E-state index contributed by atoms with van der Waals surface area (Å²) in [6, 6.07) is 0. The summed E-state index contributed by atoms with van der Waals surface area (Å²) in [7, 11) is 0. The summed E-state index contributed by atoms with van der Waals surface area (Å²) in [4.78, 5) is 23.7. The quantitative estimate of drug-likeness (QED) is 0.0841. The zero-order chi connectivity index (χ0) is 29.6. The number of hydrogen-bond donors (Lipinski definition) is 4. The number of carbonyl (C=O) groups excluding carboxylic acids is 2. The summed E-state index contributed by atoms with van der Waals surface area (Å²) in [6.07, 6.45) is 14.7. The van der Waals surface area contributed by atoms with Gasteiger partial charge in [0.1, 0.15) is 19.3 Å². The Balaban J connectivity index is 2.25. The van der Waals surface area contributed by atoms with E-state index >= 15 is 0 Å². The van der Waals surface area contributed by atoms with Gasteiger partial charge in [0, 0.05) is 25.2 Å². The summed E-state index contributed by atoms with van der Waals surface area (Å²) in [6.45, 7) is 3.83. The van der Waals surface area contributed by atoms with Crippen molar-refractivity contribution in [2.45, 2.75) is 141 Å². The van der Waals surface area contributed by atoms with Crippen molar-refractivity contribution in [1.29, 1.82) is 0 Å². The number of rotatable bonds is 22. The fraction of sp³-hybridized carbons (Fsp3) is 0.806. The van der Waals surface area contributed by atoms with Gasteiger partial charge in [-0.3, -0.25) is 9.59 Å². The smallest absolute Gasteiger partial charge is 0.305 e. The normalized spacial score (nSPS) is 22.9. The molecule has 1 saturated heterocycles. The maximum atomic E-state index is 12.0. The Morgan fingerprint density at radius 3 is 2.17 bits per heavy atom. The van der Waals surface area contributed by atoms with Crippen molar-refractivity contribution in [3.05, 3.63) is 24.3 Å². The Labute approximate surface area is 240 Å². The number of unbranched alkanes of at least 4 members (excludes halogenated alkanes) is 7. The Morgan fingerprint density at radius 2 is 1.50 bits per heavy atom. The van der Waals surface area contributed by atoms with E-state index < -0.39 is 36.7 Å². The number of ether oxygens (including phenoxy) is 3. The minimum absolute atomic E-state index is 0.137. The lowest BCUT2D eigenvalue weighted by molar-refractivity contribution is -0.199. The molecule has 1 rings (SSSR count). The molecule has 232 valence electrons. The van der Waals surface area contributed by atoms with Gasteiger partial charge in [0.15, 0.2) is 6.29 Å². The van der Waals surface area contributed by atoms with E-state index in [1.807, 2.05) is 12.2 Å². The standard InChI is InChI=1S/C31H54O9/c1-3-5-7-8-13-17-29(35)38-22-25(33)23-39-30(36)18-14-10-9-12-16-26-27(34)21-31(37)40-28(26)20-19-24(32)15-11-6-4-2/h9,12,19-20,24-28,31-34,37H,3-8,10-11,13-18,21-23H2,1-2H3/b12-9-,20-19+/t24-,25+,26-,27-,28+,31?/m0/s1. The molecular weight excluding hydrogens is 516 g/mol. The highest BCUT2D eigenvalue weighted by Gasteiger charge is 2.35. The highest BCUT2D eigenvalue weighted by atomic mass is 16.6. The third-order valence-electron chi connectivity index (χ3n) is 6.98. The fourth-order valence-electron chi connectivity index (χ4n) is 4.53. The third kappa shape index (κ3) is 17.8. The number of aliphatic hydroxyl groups is 4. The molecule has 9 nitrogen and oxygen atoms in total. The molecule has 4 N–H and O–H groups in total. The van der Waals surface area contributed by atoms with Crippen LogP contribution in [0, 0.1) is 5.92 Å². The maximum absolute atomic E-state index is 12.0. The lowest BCUT2D eigenvalue weighted by Gasteiger charge is -2.36. The minimum Gasteiger partial charge on any atom is -0.463 e. The van der Waals surface area contributed by atoms with Crippen molar-refractivity contribution in [3.8, 4) is 0 Å². The van der Waals surface area contributed by atoms with E-state index in [-0.39, 0.29) is 37.9 Å². The lowest BCUT2D eigenvalue weighted by Crippen LogP contribution is -2.43. The van der Waals surface area contributed by atoms with Crippen LogP contribution in [0.3, 0.4) is 0 Å². The van der Waals surface area contributed by atoms with Gasteiger partial charge in [0.05, 0.1) is 18.3 Å². The zero-order valence-electron chi connectivity index (χ0n) is 24.6. The highest BCUT2D eigenvalue weighted by Crippen LogP contribution is 2.29. The van der Waals surface area contributed by atoms with E-state index in [0.717, 1.165) is 51.4 Å². The van der Waals surface area contributed by atoms with Gasteiger partial charge in [-0.1, -0.05) is 83.1 Å². The average Bonchev–Trinajstić information content (AvgIpc) is 2.92. The molecule has 9 heteroatoms. The van der Waals surface area contributed by atoms with E-state index in [9.17, 15) is 30.0 Å². The second kappa shape index (κ2) is 22.9. The molecule has 40 heavy (non-hydrogen) atoms. The molecule has 6 atom stereocenters. The van der Waals surface area contributed by atoms with Gasteiger partial charge < -0.3 is 34.6 Å². The lowest BCUT2D eigenvalue weighted by atomic mass is 9.87. The van der Waals surface area contributed by atoms with Crippen LogP contribution in [0.5, 0.6) is 0 Å². The van der Waals surface area contributed by atoms with Crippen molar-refractivity contribution in [1.82, 2.24) is 0 Å². The molecule has 1 aliphatic rings. The highest BCUT2D eigenvalue weighted by molar-refractivity contribution is 5.69. The Kier molecular flexibility index (Phi) is 20.7. The molecule has 0 bridgehead atoms. The summed E-state index contributed by atoms with van der Waals surface area (Å²) >= 11 is 0. The van der Waals surface area contributed by atoms with Gasteiger partial charge in [-0.05, 0) is 32.1 Å². The van der Waals surface area contributed by atoms with Gasteiger partial charge >= 0.3 is 11.9 Å². The zero-order valence-corrected chi connectivity index (χ0v) is 24.6. The van der Waals surface area contributed by atoms with Crippen LogP contribution >= 0.6 is 0 Å². The Bertz CT molecular complexity index is 724. The topological polar surface area (TPSA) is 143 Å². The first-order valence-electron chi connectivity index (χ1n) is 15.3. The molecule has 0 aromatic rings. The molecule has 0 aliphatic carbocycles. The van der Waals surface area contributed by atoms with Crippen molar-refractivity contribution >= 4 is 11.9 Å². The van der Waals surface area contributed by atoms with Gasteiger partial charge in [-0.2, -0.15) is 0 Å². The predicted molar refractivity (Wildman–Crippen MR) is 153 cm³/mol. The van der Waals surface area contributed by atoms with Crippen LogP contribution in [0.25, 0.3) is 0 Å². The molecular formula is C31H54O9. The molecule has 0 aromatic heterocycles. The van der Waals surface area contributed by atoms with Crippen molar-refractivity contribution < 1.29 is 44.2 Å². The first kappa shape index (κ1) is 36.2. The van der Waals surface area contributed by atoms with E-state index in [1.165, 1.54) is 0 Å². The average molecular weight is 571 g/mol. The summed E-state index contributed by atoms with van der Waals surface area (Å²) in [5, 5.41) is 40.4. The number of allylic oxidation sites excluding steroid dienone is 2. The number of aliphatic hydroxyl groups excluding tert-OH is 4. The van der Waals surface area contributed by atoms with Gasteiger partial charge in [-0.15, -0.1) is 0 Å². The van der Waals surface area contributed by atoms with E-state index in [1.54, 1.807) is 12.2 Å². The molecule has 0 amide bonds. The molecule has 0 radical (unpaired) electrons.